The van der Waals surface area contributed by atoms with E-state index in [0.29, 0.717) is 0 Å². The van der Waals surface area contributed by atoms with Gasteiger partial charge in [0.05, 0.1) is 13.1 Å². The Hall–Kier alpha value is -0.640. The molecule has 0 aromatic rings. The van der Waals surface area contributed by atoms with Gasteiger partial charge in [0.15, 0.2) is 0 Å². The van der Waals surface area contributed by atoms with Crippen LogP contribution < -0.4 is 0 Å². The molecule has 0 bridgehead atoms. The van der Waals surface area contributed by atoms with Gasteiger partial charge in [-0.1, -0.05) is 5.22 Å². The fourth-order valence-electron chi connectivity index (χ4n) is 1.07. The van der Waals surface area contributed by atoms with E-state index in [-0.39, 0.29) is 0 Å². The molecule has 11 heavy (non-hydrogen) atoms. The molecule has 0 saturated carbocycles. The molecule has 1 aliphatic rings. The van der Waals surface area contributed by atoms with Crippen molar-refractivity contribution in [2.45, 2.75) is 6.42 Å². The zero-order valence-electron chi connectivity index (χ0n) is 7.32. The summed E-state index contributed by atoms with van der Waals surface area (Å²) < 4.78 is 0. The third-order valence-corrected chi connectivity index (χ3v) is 1.67. The van der Waals surface area contributed by atoms with Crippen LogP contribution in [0.2, 0.25) is 0 Å². The molecule has 4 nitrogen and oxygen atoms in total. The average molecular weight is 156 g/mol. The van der Waals surface area contributed by atoms with E-state index in [2.05, 4.69) is 29.3 Å². The molecule has 0 atom stereocenters. The molecule has 0 aromatic heterocycles. The summed E-state index contributed by atoms with van der Waals surface area (Å²) in [5, 5.41) is 9.90. The summed E-state index contributed by atoms with van der Waals surface area (Å²) in [6.45, 7) is 4.06. The van der Waals surface area contributed by atoms with Crippen LogP contribution in [0.25, 0.3) is 0 Å². The second-order valence-electron chi connectivity index (χ2n) is 3.06. The molecule has 0 amide bonds. The predicted molar refractivity (Wildman–Crippen MR) is 44.5 cm³/mol. The highest BCUT2D eigenvalue weighted by Gasteiger charge is 2.05. The lowest BCUT2D eigenvalue weighted by atomic mass is 10.4. The minimum absolute atomic E-state index is 0.877. The molecule has 0 aromatic carbocycles. The third-order valence-electron chi connectivity index (χ3n) is 1.67. The number of hydrogen-bond acceptors (Lipinski definition) is 4. The van der Waals surface area contributed by atoms with Crippen molar-refractivity contribution in [1.29, 1.82) is 0 Å². The van der Waals surface area contributed by atoms with Gasteiger partial charge in [0.1, 0.15) is 0 Å². The molecule has 64 valence electrons. The lowest BCUT2D eigenvalue weighted by Gasteiger charge is -2.13. The highest BCUT2D eigenvalue weighted by Crippen LogP contribution is 2.00. The molecule has 0 aliphatic carbocycles. The Labute approximate surface area is 67.9 Å². The van der Waals surface area contributed by atoms with E-state index < -0.39 is 0 Å². The van der Waals surface area contributed by atoms with Crippen molar-refractivity contribution >= 4 is 0 Å². The molecule has 0 spiro atoms. The largest absolute Gasteiger partial charge is 0.309 e. The van der Waals surface area contributed by atoms with Gasteiger partial charge in [-0.25, -0.2) is 0 Å². The zero-order valence-corrected chi connectivity index (χ0v) is 7.32. The van der Waals surface area contributed by atoms with E-state index in [1.165, 1.54) is 6.42 Å². The third kappa shape index (κ3) is 3.32. The quantitative estimate of drug-likeness (QED) is 0.597. The molecule has 0 unspecified atom stereocenters. The summed E-state index contributed by atoms with van der Waals surface area (Å²) in [6.07, 6.45) is 1.17. The molecule has 0 radical (unpaired) electrons. The average Bonchev–Trinajstić information content (AvgIpc) is 2.39. The van der Waals surface area contributed by atoms with Crippen LogP contribution in [0.1, 0.15) is 6.42 Å². The molecule has 0 saturated heterocycles. The second kappa shape index (κ2) is 4.28. The summed E-state index contributed by atoms with van der Waals surface area (Å²) >= 11 is 0. The molecule has 1 rings (SSSR count). The van der Waals surface area contributed by atoms with Crippen molar-refractivity contribution in [2.75, 3.05) is 40.3 Å². The van der Waals surface area contributed by atoms with Crippen LogP contribution in [0.3, 0.4) is 0 Å². The maximum atomic E-state index is 3.97. The van der Waals surface area contributed by atoms with Gasteiger partial charge in [0.25, 0.3) is 0 Å². The molecule has 1 aliphatic heterocycles. The Balaban J connectivity index is 1.98. The standard InChI is InChI=1S/C7H16N4/c1-10(2)5-3-6-11-7-4-8-9-11/h3-7H2,1-2H3. The summed E-state index contributed by atoms with van der Waals surface area (Å²) in [7, 11) is 4.18. The van der Waals surface area contributed by atoms with Gasteiger partial charge < -0.3 is 4.90 Å². The summed E-state index contributed by atoms with van der Waals surface area (Å²) in [6, 6.07) is 0. The van der Waals surface area contributed by atoms with Crippen molar-refractivity contribution in [3.8, 4) is 0 Å². The van der Waals surface area contributed by atoms with Crippen LogP contribution in [-0.4, -0.2) is 50.2 Å². The van der Waals surface area contributed by atoms with Gasteiger partial charge in [-0.3, -0.25) is 5.01 Å². The van der Waals surface area contributed by atoms with Gasteiger partial charge in [0.2, 0.25) is 0 Å². The fraction of sp³-hybridized carbons (Fsp3) is 1.00. The van der Waals surface area contributed by atoms with E-state index in [9.17, 15) is 0 Å². The van der Waals surface area contributed by atoms with E-state index in [0.717, 1.165) is 26.2 Å². The van der Waals surface area contributed by atoms with Gasteiger partial charge in [-0.15, -0.1) is 0 Å². The fourth-order valence-corrected chi connectivity index (χ4v) is 1.07. The lowest BCUT2D eigenvalue weighted by Crippen LogP contribution is -2.22. The molecule has 0 N–H and O–H groups in total. The minimum Gasteiger partial charge on any atom is -0.309 e. The van der Waals surface area contributed by atoms with Gasteiger partial charge in [-0.05, 0) is 27.1 Å². The Morgan fingerprint density at radius 3 is 2.82 bits per heavy atom. The molecular formula is C7H16N4. The normalized spacial score (nSPS) is 16.8. The van der Waals surface area contributed by atoms with E-state index in [1.54, 1.807) is 0 Å². The Kier molecular flexibility index (Phi) is 3.29. The first-order valence-electron chi connectivity index (χ1n) is 4.06. The maximum Gasteiger partial charge on any atom is 0.0813 e. The zero-order chi connectivity index (χ0) is 8.10. The molecule has 0 fully saturated rings. The van der Waals surface area contributed by atoms with Crippen molar-refractivity contribution in [3.63, 3.8) is 0 Å². The van der Waals surface area contributed by atoms with E-state index in [4.69, 9.17) is 0 Å². The summed E-state index contributed by atoms with van der Waals surface area (Å²) in [5.41, 5.74) is 0. The van der Waals surface area contributed by atoms with Crippen LogP contribution in [0.5, 0.6) is 0 Å². The minimum atomic E-state index is 0.877. The van der Waals surface area contributed by atoms with Crippen LogP contribution >= 0.6 is 0 Å². The van der Waals surface area contributed by atoms with Crippen molar-refractivity contribution < 1.29 is 0 Å². The highest BCUT2D eigenvalue weighted by molar-refractivity contribution is 4.58. The Morgan fingerprint density at radius 1 is 1.45 bits per heavy atom. The Bertz CT molecular complexity index is 132. The molecular weight excluding hydrogens is 140 g/mol. The van der Waals surface area contributed by atoms with Crippen LogP contribution in [0.15, 0.2) is 10.3 Å². The predicted octanol–water partition coefficient (Wildman–Crippen LogP) is 0.621. The van der Waals surface area contributed by atoms with E-state index >= 15 is 0 Å². The first-order valence-corrected chi connectivity index (χ1v) is 4.06. The highest BCUT2D eigenvalue weighted by atomic mass is 15.6. The number of hydrogen-bond donors (Lipinski definition) is 0. The number of nitrogens with zero attached hydrogens (tertiary/aromatic N) is 4. The van der Waals surface area contributed by atoms with Crippen LogP contribution in [0, 0.1) is 0 Å². The smallest absolute Gasteiger partial charge is 0.0813 e. The lowest BCUT2D eigenvalue weighted by molar-refractivity contribution is 0.289. The molecule has 4 heteroatoms. The summed E-state index contributed by atoms with van der Waals surface area (Å²) in [5.74, 6) is 0. The molecule has 1 heterocycles. The van der Waals surface area contributed by atoms with Crippen molar-refractivity contribution in [3.05, 3.63) is 0 Å². The first kappa shape index (κ1) is 8.46. The van der Waals surface area contributed by atoms with Crippen molar-refractivity contribution in [2.24, 2.45) is 10.3 Å². The van der Waals surface area contributed by atoms with Crippen LogP contribution in [-0.2, 0) is 0 Å². The van der Waals surface area contributed by atoms with Gasteiger partial charge in [-0.2, -0.15) is 5.11 Å². The van der Waals surface area contributed by atoms with Gasteiger partial charge >= 0.3 is 0 Å². The topological polar surface area (TPSA) is 31.2 Å². The number of rotatable bonds is 4. The summed E-state index contributed by atoms with van der Waals surface area (Å²) in [4.78, 5) is 2.19. The first-order chi connectivity index (χ1) is 5.29. The van der Waals surface area contributed by atoms with E-state index in [1.807, 2.05) is 5.01 Å². The van der Waals surface area contributed by atoms with Crippen LogP contribution in [0.4, 0.5) is 0 Å². The SMILES string of the molecule is CN(C)CCCN1CCN=N1. The van der Waals surface area contributed by atoms with Crippen molar-refractivity contribution in [1.82, 2.24) is 9.91 Å². The van der Waals surface area contributed by atoms with Gasteiger partial charge in [0, 0.05) is 6.54 Å². The second-order valence-corrected chi connectivity index (χ2v) is 3.06. The Morgan fingerprint density at radius 2 is 2.27 bits per heavy atom. The maximum absolute atomic E-state index is 3.97. The monoisotopic (exact) mass is 156 g/mol.